The van der Waals surface area contributed by atoms with E-state index < -0.39 is 0 Å². The van der Waals surface area contributed by atoms with Crippen molar-refractivity contribution >= 4 is 34.9 Å². The molecule has 1 aliphatic heterocycles. The summed E-state index contributed by atoms with van der Waals surface area (Å²) in [5.41, 5.74) is 1.92. The Balaban J connectivity index is 1.94. The summed E-state index contributed by atoms with van der Waals surface area (Å²) in [6.07, 6.45) is 4.28. The van der Waals surface area contributed by atoms with Gasteiger partial charge in [-0.2, -0.15) is 0 Å². The number of benzene rings is 1. The van der Waals surface area contributed by atoms with Crippen molar-refractivity contribution in [1.82, 2.24) is 4.98 Å². The topological polar surface area (TPSA) is 42.4 Å². The standard InChI is InChI=1S/C19H20Cl2N2O2/c1-2-25-19(24)15-8-10-23(13-5-4-9-22-11-13)12-16(15)14-6-3-7-17(20)18(14)21/h3-7,9,11,15-16H,2,8,10,12H2,1H3. The van der Waals surface area contributed by atoms with Gasteiger partial charge in [0.1, 0.15) is 0 Å². The van der Waals surface area contributed by atoms with Crippen molar-refractivity contribution < 1.29 is 9.53 Å². The van der Waals surface area contributed by atoms with Gasteiger partial charge in [0.2, 0.25) is 0 Å². The molecule has 0 N–H and O–H groups in total. The molecule has 0 amide bonds. The first-order chi connectivity index (χ1) is 12.1. The van der Waals surface area contributed by atoms with Crippen LogP contribution in [-0.2, 0) is 9.53 Å². The molecule has 1 saturated heterocycles. The van der Waals surface area contributed by atoms with E-state index in [-0.39, 0.29) is 17.8 Å². The predicted molar refractivity (Wildman–Crippen MR) is 100 cm³/mol. The SMILES string of the molecule is CCOC(=O)C1CCN(c2cccnc2)CC1c1cccc(Cl)c1Cl. The van der Waals surface area contributed by atoms with Gasteiger partial charge in [-0.25, -0.2) is 0 Å². The predicted octanol–water partition coefficient (Wildman–Crippen LogP) is 4.56. The van der Waals surface area contributed by atoms with Crippen molar-refractivity contribution in [3.05, 3.63) is 58.3 Å². The highest BCUT2D eigenvalue weighted by molar-refractivity contribution is 6.42. The summed E-state index contributed by atoms with van der Waals surface area (Å²) < 4.78 is 5.30. The van der Waals surface area contributed by atoms with E-state index in [1.807, 2.05) is 37.4 Å². The fourth-order valence-corrected chi connectivity index (χ4v) is 3.83. The van der Waals surface area contributed by atoms with Crippen molar-refractivity contribution in [3.8, 4) is 0 Å². The summed E-state index contributed by atoms with van der Waals surface area (Å²) in [7, 11) is 0. The van der Waals surface area contributed by atoms with Gasteiger partial charge in [-0.1, -0.05) is 35.3 Å². The molecule has 4 nitrogen and oxygen atoms in total. The smallest absolute Gasteiger partial charge is 0.309 e. The number of rotatable bonds is 4. The molecule has 1 fully saturated rings. The minimum atomic E-state index is -0.233. The maximum Gasteiger partial charge on any atom is 0.309 e. The molecular weight excluding hydrogens is 359 g/mol. The molecule has 0 saturated carbocycles. The van der Waals surface area contributed by atoms with Crippen molar-refractivity contribution in [2.45, 2.75) is 19.3 Å². The van der Waals surface area contributed by atoms with Crippen LogP contribution in [0.3, 0.4) is 0 Å². The molecule has 2 atom stereocenters. The third-order valence-corrected chi connectivity index (χ3v) is 5.43. The summed E-state index contributed by atoms with van der Waals surface area (Å²) >= 11 is 12.7. The lowest BCUT2D eigenvalue weighted by Gasteiger charge is -2.39. The Morgan fingerprint density at radius 1 is 1.32 bits per heavy atom. The Kier molecular flexibility index (Phi) is 5.82. The lowest BCUT2D eigenvalue weighted by Crippen LogP contribution is -2.42. The van der Waals surface area contributed by atoms with Crippen LogP contribution in [0.1, 0.15) is 24.8 Å². The summed E-state index contributed by atoms with van der Waals surface area (Å²) in [4.78, 5) is 18.9. The molecule has 3 rings (SSSR count). The van der Waals surface area contributed by atoms with Crippen LogP contribution in [0, 0.1) is 5.92 Å². The van der Waals surface area contributed by atoms with E-state index in [0.29, 0.717) is 29.6 Å². The van der Waals surface area contributed by atoms with E-state index in [9.17, 15) is 4.79 Å². The van der Waals surface area contributed by atoms with E-state index in [4.69, 9.17) is 27.9 Å². The number of esters is 1. The zero-order valence-corrected chi connectivity index (χ0v) is 15.5. The van der Waals surface area contributed by atoms with Crippen molar-refractivity contribution in [1.29, 1.82) is 0 Å². The van der Waals surface area contributed by atoms with Crippen molar-refractivity contribution in [2.75, 3.05) is 24.6 Å². The molecule has 1 aliphatic rings. The molecule has 25 heavy (non-hydrogen) atoms. The number of pyridine rings is 1. The molecule has 1 aromatic carbocycles. The summed E-state index contributed by atoms with van der Waals surface area (Å²) in [6.45, 7) is 3.63. The zero-order chi connectivity index (χ0) is 17.8. The van der Waals surface area contributed by atoms with Gasteiger partial charge < -0.3 is 9.64 Å². The molecule has 0 aliphatic carbocycles. The Bertz CT molecular complexity index is 739. The normalized spacial score (nSPS) is 20.4. The lowest BCUT2D eigenvalue weighted by molar-refractivity contribution is -0.149. The first-order valence-electron chi connectivity index (χ1n) is 8.37. The average molecular weight is 379 g/mol. The van der Waals surface area contributed by atoms with Gasteiger partial charge in [0.25, 0.3) is 0 Å². The van der Waals surface area contributed by atoms with Gasteiger partial charge in [-0.3, -0.25) is 9.78 Å². The van der Waals surface area contributed by atoms with Gasteiger partial charge in [0, 0.05) is 25.2 Å². The maximum absolute atomic E-state index is 12.5. The quantitative estimate of drug-likeness (QED) is 0.731. The number of carbonyl (C=O) groups is 1. The lowest BCUT2D eigenvalue weighted by atomic mass is 9.80. The highest BCUT2D eigenvalue weighted by Crippen LogP contribution is 2.40. The Hall–Kier alpha value is -1.78. The van der Waals surface area contributed by atoms with Crippen LogP contribution < -0.4 is 4.90 Å². The molecule has 132 valence electrons. The van der Waals surface area contributed by atoms with Gasteiger partial charge >= 0.3 is 5.97 Å². The van der Waals surface area contributed by atoms with Gasteiger partial charge in [-0.05, 0) is 37.1 Å². The number of halogens is 2. The number of carbonyl (C=O) groups excluding carboxylic acids is 1. The first kappa shape index (κ1) is 18.0. The highest BCUT2D eigenvalue weighted by Gasteiger charge is 2.37. The Morgan fingerprint density at radius 3 is 2.88 bits per heavy atom. The van der Waals surface area contributed by atoms with Gasteiger partial charge in [-0.15, -0.1) is 0 Å². The van der Waals surface area contributed by atoms with Crippen molar-refractivity contribution in [2.24, 2.45) is 5.92 Å². The highest BCUT2D eigenvalue weighted by atomic mass is 35.5. The number of aromatic nitrogens is 1. The van der Waals surface area contributed by atoms with Crippen LogP contribution in [0.2, 0.25) is 10.0 Å². The number of piperidine rings is 1. The monoisotopic (exact) mass is 378 g/mol. The van der Waals surface area contributed by atoms with Gasteiger partial charge in [0.15, 0.2) is 0 Å². The summed E-state index contributed by atoms with van der Waals surface area (Å²) in [6, 6.07) is 9.50. The van der Waals surface area contributed by atoms with E-state index in [2.05, 4.69) is 9.88 Å². The van der Waals surface area contributed by atoms with Crippen molar-refractivity contribution in [3.63, 3.8) is 0 Å². The third kappa shape index (κ3) is 3.91. The second-order valence-electron chi connectivity index (χ2n) is 6.05. The molecule has 0 radical (unpaired) electrons. The van der Waals surface area contributed by atoms with E-state index in [0.717, 1.165) is 17.8 Å². The van der Waals surface area contributed by atoms with Crippen LogP contribution in [0.4, 0.5) is 5.69 Å². The molecule has 0 bridgehead atoms. The number of hydrogen-bond donors (Lipinski definition) is 0. The second-order valence-corrected chi connectivity index (χ2v) is 6.84. The van der Waals surface area contributed by atoms with Crippen LogP contribution in [-0.4, -0.2) is 30.6 Å². The summed E-state index contributed by atoms with van der Waals surface area (Å²) in [5.74, 6) is -0.488. The number of ether oxygens (including phenoxy) is 1. The minimum absolute atomic E-state index is 0.0841. The molecule has 2 unspecified atom stereocenters. The molecule has 2 heterocycles. The van der Waals surface area contributed by atoms with Crippen LogP contribution in [0.15, 0.2) is 42.7 Å². The average Bonchev–Trinajstić information content (AvgIpc) is 2.64. The van der Waals surface area contributed by atoms with Crippen LogP contribution >= 0.6 is 23.2 Å². The number of nitrogens with zero attached hydrogens (tertiary/aromatic N) is 2. The summed E-state index contributed by atoms with van der Waals surface area (Å²) in [5, 5.41) is 1.01. The molecule has 1 aromatic heterocycles. The van der Waals surface area contributed by atoms with E-state index >= 15 is 0 Å². The maximum atomic E-state index is 12.5. The third-order valence-electron chi connectivity index (χ3n) is 4.59. The Labute approximate surface area is 157 Å². The van der Waals surface area contributed by atoms with Gasteiger partial charge in [0.05, 0.1) is 34.5 Å². The molecule has 0 spiro atoms. The molecule has 6 heteroatoms. The van der Waals surface area contributed by atoms with E-state index in [1.165, 1.54) is 0 Å². The molecule has 2 aromatic rings. The Morgan fingerprint density at radius 2 is 2.16 bits per heavy atom. The van der Waals surface area contributed by atoms with Crippen LogP contribution in [0.25, 0.3) is 0 Å². The minimum Gasteiger partial charge on any atom is -0.466 e. The largest absolute Gasteiger partial charge is 0.466 e. The zero-order valence-electron chi connectivity index (χ0n) is 14.0. The molecular formula is C19H20Cl2N2O2. The van der Waals surface area contributed by atoms with Crippen LogP contribution in [0.5, 0.6) is 0 Å². The fourth-order valence-electron chi connectivity index (χ4n) is 3.38. The van der Waals surface area contributed by atoms with E-state index in [1.54, 1.807) is 12.3 Å². The second kappa shape index (κ2) is 8.07. The number of anilines is 1. The fraction of sp³-hybridized carbons (Fsp3) is 0.368. The first-order valence-corrected chi connectivity index (χ1v) is 9.13. The number of hydrogen-bond acceptors (Lipinski definition) is 4.